The summed E-state index contributed by atoms with van der Waals surface area (Å²) < 4.78 is 6.26. The lowest BCUT2D eigenvalue weighted by atomic mass is 10.1. The van der Waals surface area contributed by atoms with E-state index in [9.17, 15) is 0 Å². The highest BCUT2D eigenvalue weighted by Gasteiger charge is 2.36. The van der Waals surface area contributed by atoms with Crippen molar-refractivity contribution in [2.24, 2.45) is 0 Å². The fourth-order valence-corrected chi connectivity index (χ4v) is 2.51. The molecule has 1 nitrogen and oxygen atoms in total. The summed E-state index contributed by atoms with van der Waals surface area (Å²) in [6.45, 7) is 14.1. The van der Waals surface area contributed by atoms with Crippen molar-refractivity contribution in [3.05, 3.63) is 53.6 Å². The van der Waals surface area contributed by atoms with Crippen LogP contribution in [0.1, 0.15) is 38.8 Å². The van der Waals surface area contributed by atoms with Crippen molar-refractivity contribution in [1.82, 2.24) is 0 Å². The van der Waals surface area contributed by atoms with Crippen LogP contribution in [0.5, 0.6) is 0 Å². The van der Waals surface area contributed by atoms with Crippen molar-refractivity contribution in [1.29, 1.82) is 0 Å². The fourth-order valence-electron chi connectivity index (χ4n) is 1.54. The van der Waals surface area contributed by atoms with Gasteiger partial charge in [0.1, 0.15) is 0 Å². The van der Waals surface area contributed by atoms with Gasteiger partial charge in [0.15, 0.2) is 8.32 Å². The van der Waals surface area contributed by atoms with E-state index in [-0.39, 0.29) is 5.04 Å². The number of hydrogen-bond donors (Lipinski definition) is 0. The summed E-state index contributed by atoms with van der Waals surface area (Å²) in [4.78, 5) is 0. The first-order valence-corrected chi connectivity index (χ1v) is 10.2. The molecular weight excluding hydrogens is 260 g/mol. The third kappa shape index (κ3) is 5.10. The Hall–Kier alpha value is -1.12. The molecule has 0 aromatic heterocycles. The minimum absolute atomic E-state index is 0.260. The zero-order valence-electron chi connectivity index (χ0n) is 13.7. The Morgan fingerprint density at radius 3 is 2.45 bits per heavy atom. The lowest BCUT2D eigenvalue weighted by Crippen LogP contribution is -2.40. The topological polar surface area (TPSA) is 9.23 Å². The maximum absolute atomic E-state index is 6.26. The predicted octanol–water partition coefficient (Wildman–Crippen LogP) is 5.80. The van der Waals surface area contributed by atoms with E-state index in [0.29, 0.717) is 6.61 Å². The molecule has 0 heterocycles. The second-order valence-corrected chi connectivity index (χ2v) is 11.5. The smallest absolute Gasteiger partial charge is 0.192 e. The molecule has 0 saturated heterocycles. The van der Waals surface area contributed by atoms with Crippen molar-refractivity contribution in [3.63, 3.8) is 0 Å². The van der Waals surface area contributed by atoms with Crippen LogP contribution < -0.4 is 0 Å². The lowest BCUT2D eigenvalue weighted by molar-refractivity contribution is 0.276. The van der Waals surface area contributed by atoms with E-state index < -0.39 is 8.32 Å². The van der Waals surface area contributed by atoms with Gasteiger partial charge in [-0.05, 0) is 42.2 Å². The lowest BCUT2D eigenvalue weighted by Gasteiger charge is -2.36. The van der Waals surface area contributed by atoms with Crippen LogP contribution >= 0.6 is 0 Å². The Labute approximate surface area is 125 Å². The predicted molar refractivity (Wildman–Crippen MR) is 92.3 cm³/mol. The van der Waals surface area contributed by atoms with E-state index in [0.717, 1.165) is 0 Å². The Kier molecular flexibility index (Phi) is 5.97. The van der Waals surface area contributed by atoms with E-state index in [4.69, 9.17) is 4.43 Å². The van der Waals surface area contributed by atoms with E-state index in [2.05, 4.69) is 70.3 Å². The average Bonchev–Trinajstić information content (AvgIpc) is 2.36. The van der Waals surface area contributed by atoms with Gasteiger partial charge >= 0.3 is 0 Å². The highest BCUT2D eigenvalue weighted by molar-refractivity contribution is 6.74. The van der Waals surface area contributed by atoms with Gasteiger partial charge < -0.3 is 4.43 Å². The minimum Gasteiger partial charge on any atom is -0.413 e. The Morgan fingerprint density at radius 2 is 1.85 bits per heavy atom. The van der Waals surface area contributed by atoms with Gasteiger partial charge in [-0.1, -0.05) is 63.3 Å². The Balaban J connectivity index is 2.72. The monoisotopic (exact) mass is 288 g/mol. The molecule has 0 aliphatic carbocycles. The summed E-state index contributed by atoms with van der Waals surface area (Å²) in [6.07, 6.45) is 8.25. The van der Waals surface area contributed by atoms with Crippen LogP contribution in [-0.2, 0) is 11.0 Å². The van der Waals surface area contributed by atoms with Crippen LogP contribution in [-0.4, -0.2) is 8.32 Å². The largest absolute Gasteiger partial charge is 0.413 e. The zero-order chi connectivity index (χ0) is 15.2. The van der Waals surface area contributed by atoms with Crippen LogP contribution in [0.2, 0.25) is 18.1 Å². The maximum atomic E-state index is 6.26. The molecule has 0 fully saturated rings. The van der Waals surface area contributed by atoms with E-state index in [1.165, 1.54) is 11.1 Å². The first-order chi connectivity index (χ1) is 9.26. The molecule has 0 spiro atoms. The molecule has 0 bridgehead atoms. The Morgan fingerprint density at radius 1 is 1.15 bits per heavy atom. The molecule has 0 saturated carbocycles. The summed E-state index contributed by atoms with van der Waals surface area (Å²) in [5.41, 5.74) is 2.47. The van der Waals surface area contributed by atoms with E-state index in [1.54, 1.807) is 0 Å². The molecular formula is C18H28OSi. The Bertz CT molecular complexity index is 478. The van der Waals surface area contributed by atoms with Gasteiger partial charge in [-0.3, -0.25) is 0 Å². The second-order valence-electron chi connectivity index (χ2n) is 6.68. The van der Waals surface area contributed by atoms with E-state index in [1.807, 2.05) is 19.1 Å². The van der Waals surface area contributed by atoms with Crippen LogP contribution in [0.15, 0.2) is 42.5 Å². The molecule has 0 atom stereocenters. The van der Waals surface area contributed by atoms with Gasteiger partial charge in [-0.15, -0.1) is 0 Å². The summed E-state index contributed by atoms with van der Waals surface area (Å²) in [5.74, 6) is 0. The molecule has 0 radical (unpaired) electrons. The van der Waals surface area contributed by atoms with Gasteiger partial charge in [0.25, 0.3) is 0 Å². The summed E-state index contributed by atoms with van der Waals surface area (Å²) in [5, 5.41) is 0.260. The molecule has 1 aromatic carbocycles. The SMILES string of the molecule is C/C=C/C=C/c1cccc(CO[Si](C)(C)C(C)(C)C)c1. The van der Waals surface area contributed by atoms with Crippen molar-refractivity contribution < 1.29 is 4.43 Å². The molecule has 0 unspecified atom stereocenters. The maximum Gasteiger partial charge on any atom is 0.192 e. The number of rotatable bonds is 5. The molecule has 1 aromatic rings. The van der Waals surface area contributed by atoms with Crippen LogP contribution in [0.25, 0.3) is 6.08 Å². The molecule has 0 aliphatic heterocycles. The summed E-state index contributed by atoms with van der Waals surface area (Å²) in [7, 11) is -1.67. The highest BCUT2D eigenvalue weighted by Crippen LogP contribution is 2.37. The van der Waals surface area contributed by atoms with E-state index >= 15 is 0 Å². The minimum atomic E-state index is -1.67. The average molecular weight is 289 g/mol. The fraction of sp³-hybridized carbons (Fsp3) is 0.444. The van der Waals surface area contributed by atoms with Crippen molar-refractivity contribution in [2.45, 2.75) is 52.4 Å². The van der Waals surface area contributed by atoms with Crippen LogP contribution in [0.4, 0.5) is 0 Å². The molecule has 2 heteroatoms. The third-order valence-corrected chi connectivity index (χ3v) is 8.43. The molecule has 110 valence electrons. The number of benzene rings is 1. The third-order valence-electron chi connectivity index (χ3n) is 3.95. The standard InChI is InChI=1S/C18H28OSi/c1-7-8-9-11-16-12-10-13-17(14-16)15-19-20(5,6)18(2,3)4/h7-14H,15H2,1-6H3/b8-7+,11-9+. The van der Waals surface area contributed by atoms with Gasteiger partial charge in [-0.2, -0.15) is 0 Å². The second kappa shape index (κ2) is 7.05. The highest BCUT2D eigenvalue weighted by atomic mass is 28.4. The van der Waals surface area contributed by atoms with Gasteiger partial charge in [-0.25, -0.2) is 0 Å². The van der Waals surface area contributed by atoms with Crippen LogP contribution in [0.3, 0.4) is 0 Å². The van der Waals surface area contributed by atoms with Crippen molar-refractivity contribution in [3.8, 4) is 0 Å². The van der Waals surface area contributed by atoms with Crippen molar-refractivity contribution in [2.75, 3.05) is 0 Å². The quantitative estimate of drug-likeness (QED) is 0.491. The van der Waals surface area contributed by atoms with Crippen molar-refractivity contribution >= 4 is 14.4 Å². The molecule has 0 N–H and O–H groups in total. The number of allylic oxidation sites excluding steroid dienone is 3. The summed E-state index contributed by atoms with van der Waals surface area (Å²) in [6, 6.07) is 8.56. The van der Waals surface area contributed by atoms with Crippen LogP contribution in [0, 0.1) is 0 Å². The zero-order valence-corrected chi connectivity index (χ0v) is 14.7. The van der Waals surface area contributed by atoms with Gasteiger partial charge in [0.2, 0.25) is 0 Å². The van der Waals surface area contributed by atoms with Gasteiger partial charge in [0.05, 0.1) is 6.61 Å². The first-order valence-electron chi connectivity index (χ1n) is 7.28. The molecule has 0 amide bonds. The number of hydrogen-bond acceptors (Lipinski definition) is 1. The molecule has 0 aliphatic rings. The first kappa shape index (κ1) is 16.9. The molecule has 20 heavy (non-hydrogen) atoms. The molecule has 1 rings (SSSR count). The normalized spacial score (nSPS) is 13.5. The van der Waals surface area contributed by atoms with Gasteiger partial charge in [0, 0.05) is 0 Å². The summed E-state index contributed by atoms with van der Waals surface area (Å²) >= 11 is 0.